The van der Waals surface area contributed by atoms with Gasteiger partial charge in [0.25, 0.3) is 0 Å². The third-order valence-corrected chi connectivity index (χ3v) is 3.56. The molecule has 1 heterocycles. The fraction of sp³-hybridized carbons (Fsp3) is 0.444. The number of rotatable bonds is 7. The summed E-state index contributed by atoms with van der Waals surface area (Å²) in [6.45, 7) is 6.96. The summed E-state index contributed by atoms with van der Waals surface area (Å²) in [6, 6.07) is 12.2. The van der Waals surface area contributed by atoms with Gasteiger partial charge in [-0.3, -0.25) is 4.99 Å². The van der Waals surface area contributed by atoms with E-state index in [-0.39, 0.29) is 24.0 Å². The lowest BCUT2D eigenvalue weighted by atomic mass is 10.1. The van der Waals surface area contributed by atoms with Crippen LogP contribution in [0.5, 0.6) is 0 Å². The Balaban J connectivity index is 0.00000288. The Hall–Kier alpha value is -1.57. The molecule has 1 aromatic carbocycles. The Morgan fingerprint density at radius 3 is 2.54 bits per heavy atom. The Bertz CT molecular complexity index is 642. The Morgan fingerprint density at radius 1 is 1.04 bits per heavy atom. The van der Waals surface area contributed by atoms with Gasteiger partial charge in [0.05, 0.1) is 5.52 Å². The monoisotopic (exact) mass is 441 g/mol. The van der Waals surface area contributed by atoms with Gasteiger partial charge in [-0.1, -0.05) is 32.0 Å². The quantitative estimate of drug-likeness (QED) is 0.267. The lowest BCUT2D eigenvalue weighted by Crippen LogP contribution is -2.40. The molecule has 1 aromatic heterocycles. The van der Waals surface area contributed by atoms with Crippen LogP contribution in [0.1, 0.15) is 20.3 Å². The van der Waals surface area contributed by atoms with Gasteiger partial charge in [-0.2, -0.15) is 0 Å². The van der Waals surface area contributed by atoms with E-state index in [1.54, 1.807) is 7.05 Å². The number of aliphatic imine (C=N–C) groups is 1. The van der Waals surface area contributed by atoms with Gasteiger partial charge in [0.2, 0.25) is 0 Å². The van der Waals surface area contributed by atoms with Crippen molar-refractivity contribution in [2.75, 3.05) is 32.0 Å². The predicted octanol–water partition coefficient (Wildman–Crippen LogP) is 3.48. The van der Waals surface area contributed by atoms with Crippen molar-refractivity contribution < 1.29 is 0 Å². The largest absolute Gasteiger partial charge is 0.368 e. The van der Waals surface area contributed by atoms with E-state index in [9.17, 15) is 0 Å². The molecule has 0 atom stereocenters. The van der Waals surface area contributed by atoms with Gasteiger partial charge in [-0.15, -0.1) is 24.0 Å². The molecule has 132 valence electrons. The number of para-hydroxylation sites is 1. The lowest BCUT2D eigenvalue weighted by molar-refractivity contribution is 0.574. The highest BCUT2D eigenvalue weighted by molar-refractivity contribution is 14.0. The van der Waals surface area contributed by atoms with Gasteiger partial charge in [-0.05, 0) is 30.5 Å². The van der Waals surface area contributed by atoms with E-state index < -0.39 is 0 Å². The normalized spacial score (nSPS) is 11.2. The Kier molecular flexibility index (Phi) is 9.44. The van der Waals surface area contributed by atoms with Crippen LogP contribution in [0.4, 0.5) is 5.82 Å². The summed E-state index contributed by atoms with van der Waals surface area (Å²) in [7, 11) is 1.79. The number of anilines is 1. The highest BCUT2D eigenvalue weighted by Crippen LogP contribution is 2.13. The average molecular weight is 441 g/mol. The predicted molar refractivity (Wildman–Crippen MR) is 114 cm³/mol. The SMILES string of the molecule is CN=C(NCCNc1ccc2ccccc2n1)NCCC(C)C.I. The zero-order chi connectivity index (χ0) is 16.5. The summed E-state index contributed by atoms with van der Waals surface area (Å²) < 4.78 is 0. The van der Waals surface area contributed by atoms with E-state index in [0.29, 0.717) is 5.92 Å². The number of guanidine groups is 1. The minimum atomic E-state index is 0. The third kappa shape index (κ3) is 6.90. The first-order valence-electron chi connectivity index (χ1n) is 8.23. The molecule has 3 N–H and O–H groups in total. The van der Waals surface area contributed by atoms with Gasteiger partial charge in [0.1, 0.15) is 5.82 Å². The Labute approximate surface area is 161 Å². The van der Waals surface area contributed by atoms with Crippen LogP contribution >= 0.6 is 24.0 Å². The summed E-state index contributed by atoms with van der Waals surface area (Å²) in [6.07, 6.45) is 1.14. The van der Waals surface area contributed by atoms with Gasteiger partial charge in [0, 0.05) is 32.1 Å². The molecule has 0 saturated heterocycles. The van der Waals surface area contributed by atoms with E-state index in [0.717, 1.165) is 48.7 Å². The number of pyridine rings is 1. The summed E-state index contributed by atoms with van der Waals surface area (Å²) in [5, 5.41) is 11.1. The van der Waals surface area contributed by atoms with Crippen molar-refractivity contribution in [2.24, 2.45) is 10.9 Å². The van der Waals surface area contributed by atoms with Crippen LogP contribution in [-0.4, -0.2) is 37.6 Å². The molecular weight excluding hydrogens is 413 g/mol. The van der Waals surface area contributed by atoms with Gasteiger partial charge >= 0.3 is 0 Å². The summed E-state index contributed by atoms with van der Waals surface area (Å²) in [5.74, 6) is 2.44. The number of benzene rings is 1. The average Bonchev–Trinajstić information content (AvgIpc) is 2.56. The number of hydrogen-bond donors (Lipinski definition) is 3. The van der Waals surface area contributed by atoms with Crippen LogP contribution in [0.15, 0.2) is 41.4 Å². The number of nitrogens with one attached hydrogen (secondary N) is 3. The van der Waals surface area contributed by atoms with Crippen molar-refractivity contribution in [1.29, 1.82) is 0 Å². The first kappa shape index (κ1) is 20.5. The molecule has 5 nitrogen and oxygen atoms in total. The van der Waals surface area contributed by atoms with E-state index in [1.807, 2.05) is 24.3 Å². The zero-order valence-electron chi connectivity index (χ0n) is 14.7. The van der Waals surface area contributed by atoms with E-state index in [2.05, 4.69) is 51.9 Å². The summed E-state index contributed by atoms with van der Waals surface area (Å²) in [5.41, 5.74) is 1.01. The van der Waals surface area contributed by atoms with Crippen molar-refractivity contribution in [2.45, 2.75) is 20.3 Å². The summed E-state index contributed by atoms with van der Waals surface area (Å²) in [4.78, 5) is 8.82. The molecule has 0 aliphatic carbocycles. The molecule has 0 unspecified atom stereocenters. The van der Waals surface area contributed by atoms with Crippen LogP contribution in [0, 0.1) is 5.92 Å². The molecule has 2 rings (SSSR count). The molecule has 6 heteroatoms. The first-order valence-corrected chi connectivity index (χ1v) is 8.23. The number of nitrogens with zero attached hydrogens (tertiary/aromatic N) is 2. The lowest BCUT2D eigenvalue weighted by Gasteiger charge is -2.13. The number of fused-ring (bicyclic) bond motifs is 1. The second-order valence-corrected chi connectivity index (χ2v) is 5.92. The van der Waals surface area contributed by atoms with Gasteiger partial charge in [-0.25, -0.2) is 4.98 Å². The van der Waals surface area contributed by atoms with Crippen LogP contribution < -0.4 is 16.0 Å². The smallest absolute Gasteiger partial charge is 0.191 e. The van der Waals surface area contributed by atoms with Crippen molar-refractivity contribution >= 4 is 46.7 Å². The van der Waals surface area contributed by atoms with E-state index in [1.165, 1.54) is 0 Å². The topological polar surface area (TPSA) is 61.3 Å². The van der Waals surface area contributed by atoms with Crippen molar-refractivity contribution in [3.8, 4) is 0 Å². The van der Waals surface area contributed by atoms with E-state index >= 15 is 0 Å². The van der Waals surface area contributed by atoms with Crippen LogP contribution in [0.2, 0.25) is 0 Å². The maximum Gasteiger partial charge on any atom is 0.191 e. The highest BCUT2D eigenvalue weighted by atomic mass is 127. The fourth-order valence-electron chi connectivity index (χ4n) is 2.24. The van der Waals surface area contributed by atoms with Crippen LogP contribution in [-0.2, 0) is 0 Å². The van der Waals surface area contributed by atoms with Crippen molar-refractivity contribution in [3.05, 3.63) is 36.4 Å². The molecule has 0 spiro atoms. The third-order valence-electron chi connectivity index (χ3n) is 3.56. The maximum atomic E-state index is 4.60. The van der Waals surface area contributed by atoms with E-state index in [4.69, 9.17) is 0 Å². The number of halogens is 1. The summed E-state index contributed by atoms with van der Waals surface area (Å²) >= 11 is 0. The Morgan fingerprint density at radius 2 is 1.79 bits per heavy atom. The molecule has 0 aliphatic heterocycles. The minimum absolute atomic E-state index is 0. The van der Waals surface area contributed by atoms with Crippen molar-refractivity contribution in [1.82, 2.24) is 15.6 Å². The van der Waals surface area contributed by atoms with Crippen molar-refractivity contribution in [3.63, 3.8) is 0 Å². The molecule has 0 aliphatic rings. The highest BCUT2D eigenvalue weighted by Gasteiger charge is 1.99. The van der Waals surface area contributed by atoms with Crippen LogP contribution in [0.25, 0.3) is 10.9 Å². The zero-order valence-corrected chi connectivity index (χ0v) is 17.0. The standard InChI is InChI=1S/C18H27N5.HI/c1-14(2)10-11-21-18(19-3)22-13-12-20-17-9-8-15-6-4-5-7-16(15)23-17;/h4-9,14H,10-13H2,1-3H3,(H,20,23)(H2,19,21,22);1H. The second kappa shape index (κ2) is 11.1. The second-order valence-electron chi connectivity index (χ2n) is 5.92. The molecule has 0 fully saturated rings. The first-order chi connectivity index (χ1) is 11.2. The molecule has 0 bridgehead atoms. The fourth-order valence-corrected chi connectivity index (χ4v) is 2.24. The van der Waals surface area contributed by atoms with Crippen LogP contribution in [0.3, 0.4) is 0 Å². The number of aromatic nitrogens is 1. The molecule has 0 saturated carbocycles. The molecule has 24 heavy (non-hydrogen) atoms. The maximum absolute atomic E-state index is 4.60. The molecule has 2 aromatic rings. The van der Waals surface area contributed by atoms with Gasteiger partial charge < -0.3 is 16.0 Å². The van der Waals surface area contributed by atoms with Gasteiger partial charge in [0.15, 0.2) is 5.96 Å². The minimum Gasteiger partial charge on any atom is -0.368 e. The number of hydrogen-bond acceptors (Lipinski definition) is 3. The molecule has 0 amide bonds. The molecular formula is C18H28IN5. The molecule has 0 radical (unpaired) electrons.